The number of rotatable bonds is 2. The van der Waals surface area contributed by atoms with Crippen molar-refractivity contribution in [2.24, 2.45) is 0 Å². The topological polar surface area (TPSA) is 29.1 Å². The molecular weight excluding hydrogens is 333 g/mol. The van der Waals surface area contributed by atoms with Gasteiger partial charge in [-0.25, -0.2) is 4.39 Å². The number of nitrogens with one attached hydrogen (secondary N) is 1. The first-order valence-corrected chi connectivity index (χ1v) is 6.67. The fourth-order valence-corrected chi connectivity index (χ4v) is 2.14. The van der Waals surface area contributed by atoms with E-state index in [1.165, 1.54) is 12.1 Å². The van der Waals surface area contributed by atoms with Gasteiger partial charge in [0.1, 0.15) is 5.82 Å². The second-order valence-corrected chi connectivity index (χ2v) is 5.33. The lowest BCUT2D eigenvalue weighted by molar-refractivity contribution is 0.102. The van der Waals surface area contributed by atoms with E-state index in [1.807, 2.05) is 0 Å². The molecule has 2 aromatic carbocycles. The summed E-state index contributed by atoms with van der Waals surface area (Å²) in [5.41, 5.74) is 1.55. The van der Waals surface area contributed by atoms with Crippen LogP contribution >= 0.6 is 27.5 Å². The summed E-state index contributed by atoms with van der Waals surface area (Å²) in [7, 11) is 0. The molecule has 0 bridgehead atoms. The van der Waals surface area contributed by atoms with Gasteiger partial charge in [-0.3, -0.25) is 4.79 Å². The Morgan fingerprint density at radius 2 is 2.00 bits per heavy atom. The van der Waals surface area contributed by atoms with Gasteiger partial charge in [-0.2, -0.15) is 0 Å². The Balaban J connectivity index is 2.30. The Morgan fingerprint density at radius 3 is 2.74 bits per heavy atom. The first kappa shape index (κ1) is 14.0. The number of hydrogen-bond donors (Lipinski definition) is 1. The number of halogens is 3. The Morgan fingerprint density at radius 1 is 1.26 bits per heavy atom. The number of aryl methyl sites for hydroxylation is 1. The van der Waals surface area contributed by atoms with E-state index >= 15 is 0 Å². The molecule has 1 amide bonds. The number of carbonyl (C=O) groups is 1. The fraction of sp³-hybridized carbons (Fsp3) is 0.0714. The summed E-state index contributed by atoms with van der Waals surface area (Å²) < 4.78 is 13.9. The van der Waals surface area contributed by atoms with Gasteiger partial charge in [-0.15, -0.1) is 0 Å². The first-order valence-electron chi connectivity index (χ1n) is 5.50. The number of amides is 1. The van der Waals surface area contributed by atoms with Gasteiger partial charge in [0, 0.05) is 15.1 Å². The average Bonchev–Trinajstić information content (AvgIpc) is 2.36. The molecule has 1 N–H and O–H groups in total. The largest absolute Gasteiger partial charge is 0.321 e. The highest BCUT2D eigenvalue weighted by molar-refractivity contribution is 9.10. The van der Waals surface area contributed by atoms with Crippen LogP contribution in [0.1, 0.15) is 15.9 Å². The Bertz CT molecular complexity index is 645. The Labute approximate surface area is 123 Å². The second kappa shape index (κ2) is 5.72. The summed E-state index contributed by atoms with van der Waals surface area (Å²) in [6, 6.07) is 9.16. The lowest BCUT2D eigenvalue weighted by atomic mass is 10.1. The molecule has 0 saturated heterocycles. The van der Waals surface area contributed by atoms with Gasteiger partial charge in [0.25, 0.3) is 5.91 Å². The van der Waals surface area contributed by atoms with Crippen molar-refractivity contribution in [2.75, 3.05) is 5.32 Å². The van der Waals surface area contributed by atoms with Gasteiger partial charge in [0.2, 0.25) is 0 Å². The van der Waals surface area contributed by atoms with Gasteiger partial charge >= 0.3 is 0 Å². The summed E-state index contributed by atoms with van der Waals surface area (Å²) in [5.74, 6) is -0.819. The summed E-state index contributed by atoms with van der Waals surface area (Å²) >= 11 is 9.19. The zero-order valence-electron chi connectivity index (χ0n) is 10.0. The van der Waals surface area contributed by atoms with Crippen LogP contribution in [0.25, 0.3) is 0 Å². The van der Waals surface area contributed by atoms with E-state index in [9.17, 15) is 9.18 Å². The summed E-state index contributed by atoms with van der Waals surface area (Å²) in [6.45, 7) is 1.75. The molecule has 0 atom stereocenters. The zero-order valence-corrected chi connectivity index (χ0v) is 12.3. The quantitative estimate of drug-likeness (QED) is 0.834. The van der Waals surface area contributed by atoms with Crippen LogP contribution in [-0.2, 0) is 0 Å². The van der Waals surface area contributed by atoms with Crippen LogP contribution in [-0.4, -0.2) is 5.91 Å². The maximum atomic E-state index is 13.2. The van der Waals surface area contributed by atoms with Gasteiger partial charge in [0.15, 0.2) is 0 Å². The molecule has 0 aliphatic heterocycles. The second-order valence-electron chi connectivity index (χ2n) is 4.04. The third-order valence-electron chi connectivity index (χ3n) is 2.62. The van der Waals surface area contributed by atoms with E-state index < -0.39 is 5.82 Å². The maximum Gasteiger partial charge on any atom is 0.256 e. The van der Waals surface area contributed by atoms with Crippen LogP contribution in [0.2, 0.25) is 5.02 Å². The van der Waals surface area contributed by atoms with Crippen molar-refractivity contribution in [1.82, 2.24) is 0 Å². The monoisotopic (exact) mass is 341 g/mol. The number of carbonyl (C=O) groups excluding carboxylic acids is 1. The van der Waals surface area contributed by atoms with Crippen molar-refractivity contribution in [3.05, 3.63) is 62.8 Å². The molecule has 0 unspecified atom stereocenters. The predicted octanol–water partition coefficient (Wildman–Crippen LogP) is 4.80. The normalized spacial score (nSPS) is 10.3. The average molecular weight is 343 g/mol. The van der Waals surface area contributed by atoms with Crippen molar-refractivity contribution in [2.45, 2.75) is 6.92 Å². The molecule has 2 nitrogen and oxygen atoms in total. The molecule has 0 spiro atoms. The van der Waals surface area contributed by atoms with E-state index in [2.05, 4.69) is 21.2 Å². The van der Waals surface area contributed by atoms with Gasteiger partial charge in [-0.05, 0) is 58.7 Å². The molecule has 98 valence electrons. The van der Waals surface area contributed by atoms with E-state index in [-0.39, 0.29) is 5.91 Å². The molecule has 0 saturated carbocycles. The predicted molar refractivity (Wildman–Crippen MR) is 78.2 cm³/mol. The van der Waals surface area contributed by atoms with E-state index in [0.717, 1.165) is 0 Å². The van der Waals surface area contributed by atoms with Crippen molar-refractivity contribution in [3.8, 4) is 0 Å². The van der Waals surface area contributed by atoms with Crippen molar-refractivity contribution in [1.29, 1.82) is 0 Å². The first-order chi connectivity index (χ1) is 8.97. The molecule has 0 heterocycles. The standard InChI is InChI=1S/C14H10BrClFNO/c1-8-2-4-10(17)7-11(8)14(19)18-13-6-9(16)3-5-12(13)15/h2-7H,1H3,(H,18,19). The fourth-order valence-electron chi connectivity index (χ4n) is 1.62. The highest BCUT2D eigenvalue weighted by Gasteiger charge is 2.12. The molecule has 0 aromatic heterocycles. The Kier molecular flexibility index (Phi) is 4.22. The van der Waals surface area contributed by atoms with Crippen LogP contribution < -0.4 is 5.32 Å². The van der Waals surface area contributed by atoms with Crippen LogP contribution in [0.3, 0.4) is 0 Å². The molecular formula is C14H10BrClFNO. The number of hydrogen-bond acceptors (Lipinski definition) is 1. The van der Waals surface area contributed by atoms with Crippen molar-refractivity contribution in [3.63, 3.8) is 0 Å². The van der Waals surface area contributed by atoms with Crippen molar-refractivity contribution >= 4 is 39.1 Å². The minimum absolute atomic E-state index is 0.298. The summed E-state index contributed by atoms with van der Waals surface area (Å²) in [6.07, 6.45) is 0. The van der Waals surface area contributed by atoms with Gasteiger partial charge in [-0.1, -0.05) is 17.7 Å². The SMILES string of the molecule is Cc1ccc(F)cc1C(=O)Nc1cc(Cl)ccc1Br. The number of benzene rings is 2. The maximum absolute atomic E-state index is 13.2. The van der Waals surface area contributed by atoms with Gasteiger partial charge in [0.05, 0.1) is 5.69 Å². The lowest BCUT2D eigenvalue weighted by Crippen LogP contribution is -2.14. The van der Waals surface area contributed by atoms with E-state index in [4.69, 9.17) is 11.6 Å². The molecule has 2 aromatic rings. The lowest BCUT2D eigenvalue weighted by Gasteiger charge is -2.09. The molecule has 0 fully saturated rings. The molecule has 0 radical (unpaired) electrons. The van der Waals surface area contributed by atoms with E-state index in [0.29, 0.717) is 26.3 Å². The van der Waals surface area contributed by atoms with Crippen LogP contribution in [0.4, 0.5) is 10.1 Å². The van der Waals surface area contributed by atoms with Crippen LogP contribution in [0.15, 0.2) is 40.9 Å². The summed E-state index contributed by atoms with van der Waals surface area (Å²) in [5, 5.41) is 3.21. The zero-order chi connectivity index (χ0) is 14.0. The third-order valence-corrected chi connectivity index (χ3v) is 3.55. The van der Waals surface area contributed by atoms with E-state index in [1.54, 1.807) is 31.2 Å². The van der Waals surface area contributed by atoms with Crippen molar-refractivity contribution < 1.29 is 9.18 Å². The smallest absolute Gasteiger partial charge is 0.256 e. The molecule has 0 aliphatic carbocycles. The highest BCUT2D eigenvalue weighted by atomic mass is 79.9. The van der Waals surface area contributed by atoms with Gasteiger partial charge < -0.3 is 5.32 Å². The number of anilines is 1. The Hall–Kier alpha value is -1.39. The van der Waals surface area contributed by atoms with Crippen LogP contribution in [0.5, 0.6) is 0 Å². The minimum Gasteiger partial charge on any atom is -0.321 e. The highest BCUT2D eigenvalue weighted by Crippen LogP contribution is 2.26. The molecule has 5 heteroatoms. The molecule has 2 rings (SSSR count). The summed E-state index contributed by atoms with van der Waals surface area (Å²) in [4.78, 5) is 12.1. The van der Waals surface area contributed by atoms with Crippen LogP contribution in [0, 0.1) is 12.7 Å². The minimum atomic E-state index is -0.444. The third kappa shape index (κ3) is 3.33. The molecule has 0 aliphatic rings. The molecule has 19 heavy (non-hydrogen) atoms.